The van der Waals surface area contributed by atoms with E-state index in [1.807, 2.05) is 102 Å². The lowest BCUT2D eigenvalue weighted by Gasteiger charge is -2.11. The van der Waals surface area contributed by atoms with Crippen molar-refractivity contribution in [3.05, 3.63) is 119 Å². The summed E-state index contributed by atoms with van der Waals surface area (Å²) in [5.74, 6) is 1.73. The molecule has 0 atom stereocenters. The van der Waals surface area contributed by atoms with E-state index in [4.69, 9.17) is 9.47 Å². The first-order valence-electron chi connectivity index (χ1n) is 12.7. The van der Waals surface area contributed by atoms with Crippen molar-refractivity contribution in [3.63, 3.8) is 0 Å². The van der Waals surface area contributed by atoms with Gasteiger partial charge in [0.05, 0.1) is 19.1 Å². The molecule has 4 aromatic carbocycles. The molecule has 0 bridgehead atoms. The normalized spacial score (nSPS) is 11.0. The minimum absolute atomic E-state index is 0.106. The molecule has 0 aliphatic carbocycles. The van der Waals surface area contributed by atoms with Crippen LogP contribution in [0.2, 0.25) is 0 Å². The van der Waals surface area contributed by atoms with Gasteiger partial charge in [-0.2, -0.15) is 5.10 Å². The highest BCUT2D eigenvalue weighted by molar-refractivity contribution is 9.10. The van der Waals surface area contributed by atoms with Gasteiger partial charge in [-0.1, -0.05) is 88.4 Å². The standard InChI is InChI=1S/C31H26BrN5O3S/c1-39-27-17-12-23(18-28(27)40-20-22-8-4-2-5-9-22)19-33-34-29(38)21-41-31-36-35-30(24-10-6-3-7-11-24)37(31)26-15-13-25(32)14-16-26/h2-19H,20-21H2,1H3,(H,34,38). The third-order valence-electron chi connectivity index (χ3n) is 5.91. The van der Waals surface area contributed by atoms with Crippen LogP contribution in [-0.2, 0) is 11.4 Å². The van der Waals surface area contributed by atoms with Gasteiger partial charge in [-0.15, -0.1) is 10.2 Å². The van der Waals surface area contributed by atoms with Gasteiger partial charge < -0.3 is 9.47 Å². The Bertz CT molecular complexity index is 1630. The molecule has 0 fully saturated rings. The van der Waals surface area contributed by atoms with E-state index < -0.39 is 0 Å². The maximum Gasteiger partial charge on any atom is 0.250 e. The minimum Gasteiger partial charge on any atom is -0.493 e. The third-order valence-corrected chi connectivity index (χ3v) is 7.37. The molecule has 0 aliphatic rings. The average molecular weight is 629 g/mol. The zero-order valence-corrected chi connectivity index (χ0v) is 24.5. The fourth-order valence-corrected chi connectivity index (χ4v) is 4.93. The quantitative estimate of drug-likeness (QED) is 0.102. The predicted molar refractivity (Wildman–Crippen MR) is 165 cm³/mol. The summed E-state index contributed by atoms with van der Waals surface area (Å²) in [7, 11) is 1.59. The average Bonchev–Trinajstić information content (AvgIpc) is 3.44. The highest BCUT2D eigenvalue weighted by atomic mass is 79.9. The number of amides is 1. The molecular weight excluding hydrogens is 602 g/mol. The molecule has 1 heterocycles. The molecule has 0 radical (unpaired) electrons. The summed E-state index contributed by atoms with van der Waals surface area (Å²) >= 11 is 4.77. The molecule has 8 nitrogen and oxygen atoms in total. The first-order chi connectivity index (χ1) is 20.1. The lowest BCUT2D eigenvalue weighted by Crippen LogP contribution is -2.20. The van der Waals surface area contributed by atoms with E-state index in [2.05, 4.69) is 36.7 Å². The zero-order chi connectivity index (χ0) is 28.4. The third kappa shape index (κ3) is 7.41. The van der Waals surface area contributed by atoms with E-state index in [0.717, 1.165) is 26.9 Å². The van der Waals surface area contributed by atoms with Gasteiger partial charge in [0.1, 0.15) is 6.61 Å². The lowest BCUT2D eigenvalue weighted by atomic mass is 10.2. The second-order valence-electron chi connectivity index (χ2n) is 8.75. The van der Waals surface area contributed by atoms with E-state index in [9.17, 15) is 4.79 Å². The molecule has 0 saturated heterocycles. The van der Waals surface area contributed by atoms with Crippen molar-refractivity contribution in [2.24, 2.45) is 5.10 Å². The summed E-state index contributed by atoms with van der Waals surface area (Å²) in [6, 6.07) is 33.0. The number of ether oxygens (including phenoxy) is 2. The molecule has 10 heteroatoms. The number of hydrazone groups is 1. The summed E-state index contributed by atoms with van der Waals surface area (Å²) in [5, 5.41) is 13.5. The number of nitrogens with one attached hydrogen (secondary N) is 1. The van der Waals surface area contributed by atoms with Crippen LogP contribution in [0.5, 0.6) is 11.5 Å². The number of aromatic nitrogens is 3. The molecule has 5 rings (SSSR count). The van der Waals surface area contributed by atoms with Gasteiger partial charge in [-0.3, -0.25) is 9.36 Å². The van der Waals surface area contributed by atoms with Crippen LogP contribution in [0.4, 0.5) is 0 Å². The Balaban J connectivity index is 1.24. The van der Waals surface area contributed by atoms with Crippen LogP contribution in [0, 0.1) is 0 Å². The SMILES string of the molecule is COc1ccc(C=NNC(=O)CSc2nnc(-c3ccccc3)n2-c2ccc(Br)cc2)cc1OCc1ccccc1. The molecule has 5 aromatic rings. The van der Waals surface area contributed by atoms with Crippen LogP contribution < -0.4 is 14.9 Å². The van der Waals surface area contributed by atoms with Crippen molar-refractivity contribution in [1.29, 1.82) is 0 Å². The van der Waals surface area contributed by atoms with Crippen LogP contribution in [0.15, 0.2) is 118 Å². The van der Waals surface area contributed by atoms with Gasteiger partial charge in [0.15, 0.2) is 22.5 Å². The summed E-state index contributed by atoms with van der Waals surface area (Å²) in [6.45, 7) is 0.405. The number of hydrogen-bond donors (Lipinski definition) is 1. The summed E-state index contributed by atoms with van der Waals surface area (Å²) in [5.41, 5.74) is 6.20. The van der Waals surface area contributed by atoms with Crippen LogP contribution in [0.1, 0.15) is 11.1 Å². The highest BCUT2D eigenvalue weighted by Crippen LogP contribution is 2.29. The van der Waals surface area contributed by atoms with Crippen molar-refractivity contribution in [2.45, 2.75) is 11.8 Å². The van der Waals surface area contributed by atoms with Gasteiger partial charge in [0.25, 0.3) is 5.91 Å². The molecule has 1 amide bonds. The van der Waals surface area contributed by atoms with E-state index in [1.165, 1.54) is 11.8 Å². The van der Waals surface area contributed by atoms with Crippen LogP contribution >= 0.6 is 27.7 Å². The summed E-state index contributed by atoms with van der Waals surface area (Å²) < 4.78 is 14.3. The first kappa shape index (κ1) is 28.1. The molecule has 1 N–H and O–H groups in total. The Kier molecular flexibility index (Phi) is 9.45. The zero-order valence-electron chi connectivity index (χ0n) is 22.1. The number of methoxy groups -OCH3 is 1. The molecule has 1 aromatic heterocycles. The predicted octanol–water partition coefficient (Wildman–Crippen LogP) is 6.53. The van der Waals surface area contributed by atoms with Crippen molar-refractivity contribution >= 4 is 39.8 Å². The number of halogens is 1. The van der Waals surface area contributed by atoms with Crippen LogP contribution in [0.3, 0.4) is 0 Å². The molecule has 0 unspecified atom stereocenters. The Morgan fingerprint density at radius 1 is 0.951 bits per heavy atom. The second kappa shape index (κ2) is 13.8. The molecule has 206 valence electrons. The number of carbonyl (C=O) groups excluding carboxylic acids is 1. The Hall–Kier alpha value is -4.41. The first-order valence-corrected chi connectivity index (χ1v) is 14.4. The van der Waals surface area contributed by atoms with Gasteiger partial charge >= 0.3 is 0 Å². The molecule has 41 heavy (non-hydrogen) atoms. The Morgan fingerprint density at radius 3 is 2.41 bits per heavy atom. The van der Waals surface area contributed by atoms with Crippen molar-refractivity contribution in [2.75, 3.05) is 12.9 Å². The van der Waals surface area contributed by atoms with Gasteiger partial charge in [0, 0.05) is 15.7 Å². The van der Waals surface area contributed by atoms with Crippen LogP contribution in [0.25, 0.3) is 17.1 Å². The Labute approximate surface area is 250 Å². The molecule has 0 saturated carbocycles. The number of hydrogen-bond acceptors (Lipinski definition) is 7. The number of thioether (sulfide) groups is 1. The fourth-order valence-electron chi connectivity index (χ4n) is 3.92. The monoisotopic (exact) mass is 627 g/mol. The van der Waals surface area contributed by atoms with Gasteiger partial charge in [-0.25, -0.2) is 5.43 Å². The minimum atomic E-state index is -0.271. The highest BCUT2D eigenvalue weighted by Gasteiger charge is 2.17. The smallest absolute Gasteiger partial charge is 0.250 e. The van der Waals surface area contributed by atoms with E-state index in [-0.39, 0.29) is 11.7 Å². The number of carbonyl (C=O) groups is 1. The van der Waals surface area contributed by atoms with Crippen molar-refractivity contribution in [3.8, 4) is 28.6 Å². The van der Waals surface area contributed by atoms with E-state index >= 15 is 0 Å². The Morgan fingerprint density at radius 2 is 1.68 bits per heavy atom. The molecule has 0 spiro atoms. The maximum atomic E-state index is 12.6. The summed E-state index contributed by atoms with van der Waals surface area (Å²) in [6.07, 6.45) is 1.56. The van der Waals surface area contributed by atoms with E-state index in [1.54, 1.807) is 19.4 Å². The molecular formula is C31H26BrN5O3S. The maximum absolute atomic E-state index is 12.6. The topological polar surface area (TPSA) is 90.6 Å². The lowest BCUT2D eigenvalue weighted by molar-refractivity contribution is -0.118. The van der Waals surface area contributed by atoms with Crippen molar-refractivity contribution in [1.82, 2.24) is 20.2 Å². The largest absolute Gasteiger partial charge is 0.493 e. The van der Waals surface area contributed by atoms with Crippen molar-refractivity contribution < 1.29 is 14.3 Å². The number of benzene rings is 4. The number of nitrogens with zero attached hydrogens (tertiary/aromatic N) is 4. The molecule has 0 aliphatic heterocycles. The van der Waals surface area contributed by atoms with Gasteiger partial charge in [-0.05, 0) is 53.6 Å². The number of rotatable bonds is 11. The van der Waals surface area contributed by atoms with E-state index in [0.29, 0.717) is 29.1 Å². The second-order valence-corrected chi connectivity index (χ2v) is 10.6. The fraction of sp³-hybridized carbons (Fsp3) is 0.0968. The van der Waals surface area contributed by atoms with Gasteiger partial charge in [0.2, 0.25) is 0 Å². The summed E-state index contributed by atoms with van der Waals surface area (Å²) in [4.78, 5) is 12.6. The van der Waals surface area contributed by atoms with Crippen LogP contribution in [-0.4, -0.2) is 39.7 Å².